The highest BCUT2D eigenvalue weighted by atomic mass is 79.9. The first-order valence-electron chi connectivity index (χ1n) is 32.9. The molecule has 2 aliphatic rings. The molecular formula is C67H96BrN11O15. The molecule has 27 heteroatoms. The monoisotopic (exact) mass is 1370 g/mol. The van der Waals surface area contributed by atoms with Crippen LogP contribution in [0.3, 0.4) is 0 Å². The number of likely N-dealkylation sites (tertiary alicyclic amines) is 1. The van der Waals surface area contributed by atoms with Crippen molar-refractivity contribution in [2.45, 2.75) is 181 Å². The van der Waals surface area contributed by atoms with E-state index in [2.05, 4.69) is 67.3 Å². The maximum Gasteiger partial charge on any atom is 0.328 e. The van der Waals surface area contributed by atoms with Crippen molar-refractivity contribution in [2.24, 2.45) is 5.41 Å². The van der Waals surface area contributed by atoms with E-state index >= 15 is 0 Å². The van der Waals surface area contributed by atoms with Gasteiger partial charge in [0.1, 0.15) is 53.8 Å². The number of ether oxygens (including phenoxy) is 6. The van der Waals surface area contributed by atoms with Crippen LogP contribution < -0.4 is 26.6 Å². The number of anilines is 1. The predicted molar refractivity (Wildman–Crippen MR) is 353 cm³/mol. The number of fused-ring (bicyclic) bond motifs is 2. The SMILES string of the molecule is COC(=O)CCCCCCCCCCCCCCCCC(=O)N[C@@H](CCC(=O)NCCOCCOCC(=O)NCCOCCOCC(=O)NC[C@@]12C[C@@H](C(=O)Nc3nc(Br)ccc3C)N(C(=O)Cn3nc(C(C)=O)c4cc(-c5cnc(C)nc5)cc(C)c43)[C@@H]1C2)C(=O)OC. The molecule has 4 aromatic rings. The zero-order valence-corrected chi connectivity index (χ0v) is 57.1. The third-order valence-corrected chi connectivity index (χ3v) is 17.3. The van der Waals surface area contributed by atoms with Gasteiger partial charge in [0.15, 0.2) is 5.78 Å². The number of benzene rings is 1. The maximum atomic E-state index is 14.6. The van der Waals surface area contributed by atoms with Crippen LogP contribution in [0.5, 0.6) is 0 Å². The summed E-state index contributed by atoms with van der Waals surface area (Å²) >= 11 is 3.37. The Labute approximate surface area is 559 Å². The van der Waals surface area contributed by atoms with Gasteiger partial charge in [0.05, 0.1) is 59.4 Å². The van der Waals surface area contributed by atoms with Crippen molar-refractivity contribution in [3.8, 4) is 11.1 Å². The second-order valence-corrected chi connectivity index (χ2v) is 25.0. The number of carbonyl (C=O) groups is 9. The Bertz CT molecular complexity index is 3170. The van der Waals surface area contributed by atoms with Crippen LogP contribution >= 0.6 is 15.9 Å². The summed E-state index contributed by atoms with van der Waals surface area (Å²) in [5.41, 5.74) is 3.30. The average Bonchev–Trinajstić information content (AvgIpc) is 1.54. The Morgan fingerprint density at radius 3 is 1.81 bits per heavy atom. The van der Waals surface area contributed by atoms with Gasteiger partial charge in [-0.3, -0.25) is 43.0 Å². The Kier molecular flexibility index (Phi) is 32.3. The van der Waals surface area contributed by atoms with E-state index in [-0.39, 0.29) is 151 Å². The summed E-state index contributed by atoms with van der Waals surface area (Å²) in [6.45, 7) is 7.80. The minimum Gasteiger partial charge on any atom is -0.469 e. The molecule has 3 aromatic heterocycles. The fraction of sp³-hybridized carbons (Fsp3) is 0.627. The number of aromatic nitrogens is 5. The number of halogens is 1. The highest BCUT2D eigenvalue weighted by molar-refractivity contribution is 9.10. The summed E-state index contributed by atoms with van der Waals surface area (Å²) in [4.78, 5) is 130. The number of amides is 6. The fourth-order valence-corrected chi connectivity index (χ4v) is 11.9. The third-order valence-electron chi connectivity index (χ3n) is 16.8. The molecule has 0 bridgehead atoms. The van der Waals surface area contributed by atoms with E-state index in [0.29, 0.717) is 46.4 Å². The zero-order valence-electron chi connectivity index (χ0n) is 55.5. The van der Waals surface area contributed by atoms with Gasteiger partial charge in [-0.1, -0.05) is 83.1 Å². The van der Waals surface area contributed by atoms with E-state index in [1.807, 2.05) is 32.0 Å². The Balaban J connectivity index is 0.781. The van der Waals surface area contributed by atoms with Crippen molar-refractivity contribution in [1.29, 1.82) is 0 Å². The lowest BCUT2D eigenvalue weighted by Crippen LogP contribution is -2.47. The minimum absolute atomic E-state index is 0.000921. The molecule has 1 saturated carbocycles. The summed E-state index contributed by atoms with van der Waals surface area (Å²) < 4.78 is 33.6. The van der Waals surface area contributed by atoms with Gasteiger partial charge in [-0.15, -0.1) is 0 Å². The van der Waals surface area contributed by atoms with Crippen molar-refractivity contribution in [3.63, 3.8) is 0 Å². The van der Waals surface area contributed by atoms with E-state index in [1.165, 1.54) is 77.2 Å². The number of carbonyl (C=O) groups excluding carboxylic acids is 9. The largest absolute Gasteiger partial charge is 0.469 e. The highest BCUT2D eigenvalue weighted by Crippen LogP contribution is 2.59. The van der Waals surface area contributed by atoms with Crippen LogP contribution in [0.25, 0.3) is 22.0 Å². The quantitative estimate of drug-likeness (QED) is 0.0128. The van der Waals surface area contributed by atoms with Gasteiger partial charge in [-0.25, -0.2) is 19.7 Å². The molecule has 1 aliphatic carbocycles. The number of unbranched alkanes of at least 4 members (excludes halogenated alkanes) is 13. The van der Waals surface area contributed by atoms with Gasteiger partial charge in [-0.2, -0.15) is 5.10 Å². The van der Waals surface area contributed by atoms with E-state index in [1.54, 1.807) is 30.3 Å². The molecule has 1 saturated heterocycles. The molecule has 26 nitrogen and oxygen atoms in total. The first-order valence-corrected chi connectivity index (χ1v) is 33.7. The zero-order chi connectivity index (χ0) is 67.8. The van der Waals surface area contributed by atoms with Gasteiger partial charge in [0, 0.05) is 80.6 Å². The number of pyridine rings is 1. The molecular weight excluding hydrogens is 1280 g/mol. The lowest BCUT2D eigenvalue weighted by molar-refractivity contribution is -0.145. The van der Waals surface area contributed by atoms with E-state index in [9.17, 15) is 43.2 Å². The number of hydrogen-bond acceptors (Lipinski definition) is 19. The Morgan fingerprint density at radius 1 is 0.638 bits per heavy atom. The number of esters is 2. The molecule has 0 unspecified atom stereocenters. The van der Waals surface area contributed by atoms with Crippen LogP contribution in [0.15, 0.2) is 41.3 Å². The molecule has 1 aromatic carbocycles. The van der Waals surface area contributed by atoms with Crippen LogP contribution in [0.1, 0.15) is 163 Å². The Morgan fingerprint density at radius 2 is 1.21 bits per heavy atom. The number of piperidine rings is 1. The molecule has 0 spiro atoms. The fourth-order valence-electron chi connectivity index (χ4n) is 11.6. The van der Waals surface area contributed by atoms with Crippen LogP contribution in [-0.2, 0) is 73.3 Å². The highest BCUT2D eigenvalue weighted by Gasteiger charge is 2.67. The molecule has 94 heavy (non-hydrogen) atoms. The third kappa shape index (κ3) is 25.1. The standard InChI is InChI=1S/C67H96BrN11O15/c1-45-23-25-55(68)75-64(45)76-65(87)53-37-67(38-54(67)79(53)60(85)41-78-63-46(2)35-49(50-39-71-48(4)72-40-50)36-51(63)62(77-78)47(3)80)44-73-59(84)43-94-34-32-92-30-28-70-58(83)42-93-33-31-91-29-27-69-56(81)26-24-52(66(88)90-6)74-57(82)21-19-17-15-13-11-9-7-8-10-12-14-16-18-20-22-61(86)89-5/h23,25,35-36,39-40,52-54H,7-22,24,26-34,37-38,41-44H2,1-6H3,(H,69,81)(H,70,83)(H,73,84)(H,74,82)(H,75,76,87)/t52-,53-,54+,67-/m0/s1. The molecule has 5 N–H and O–H groups in total. The number of rotatable bonds is 46. The summed E-state index contributed by atoms with van der Waals surface area (Å²) in [5, 5.41) is 19.2. The van der Waals surface area contributed by atoms with E-state index in [4.69, 9.17) is 23.7 Å². The topological polar surface area (TPSA) is 329 Å². The van der Waals surface area contributed by atoms with Crippen LogP contribution in [0, 0.1) is 26.2 Å². The van der Waals surface area contributed by atoms with Crippen molar-refractivity contribution in [2.75, 3.05) is 92.0 Å². The Hall–Kier alpha value is -7.33. The first kappa shape index (κ1) is 75.7. The van der Waals surface area contributed by atoms with Crippen molar-refractivity contribution in [3.05, 3.63) is 63.9 Å². The van der Waals surface area contributed by atoms with Crippen molar-refractivity contribution in [1.82, 2.24) is 50.9 Å². The van der Waals surface area contributed by atoms with Crippen LogP contribution in [0.4, 0.5) is 5.82 Å². The predicted octanol–water partition coefficient (Wildman–Crippen LogP) is 7.04. The van der Waals surface area contributed by atoms with Crippen LogP contribution in [0.2, 0.25) is 0 Å². The minimum atomic E-state index is -0.928. The summed E-state index contributed by atoms with van der Waals surface area (Å²) in [6.07, 6.45) is 20.7. The molecule has 4 atom stereocenters. The van der Waals surface area contributed by atoms with Crippen LogP contribution in [-0.4, -0.2) is 188 Å². The normalized spacial score (nSPS) is 15.8. The first-order chi connectivity index (χ1) is 45.3. The smallest absolute Gasteiger partial charge is 0.328 e. The lowest BCUT2D eigenvalue weighted by atomic mass is 9.99. The molecule has 516 valence electrons. The number of ketones is 1. The van der Waals surface area contributed by atoms with Gasteiger partial charge in [0.25, 0.3) is 0 Å². The summed E-state index contributed by atoms with van der Waals surface area (Å²) in [7, 11) is 2.67. The summed E-state index contributed by atoms with van der Waals surface area (Å²) in [6, 6.07) is 5.17. The van der Waals surface area contributed by atoms with Crippen molar-refractivity contribution >= 4 is 85.8 Å². The number of hydrogen-bond donors (Lipinski definition) is 5. The lowest BCUT2D eigenvalue weighted by Gasteiger charge is -2.27. The van der Waals surface area contributed by atoms with E-state index in [0.717, 1.165) is 60.8 Å². The second kappa shape index (κ2) is 40.2. The second-order valence-electron chi connectivity index (χ2n) is 24.2. The number of Topliss-reactive ketones (excluding diaryl/α,β-unsaturated/α-hetero) is 1. The number of nitrogens with zero attached hydrogens (tertiary/aromatic N) is 6. The van der Waals surface area contributed by atoms with Gasteiger partial charge >= 0.3 is 11.9 Å². The number of aryl methyl sites for hydroxylation is 3. The molecule has 6 amide bonds. The number of nitrogens with one attached hydrogen (secondary N) is 5. The molecule has 0 radical (unpaired) electrons. The average molecular weight is 1380 g/mol. The molecule has 2 fully saturated rings. The molecule has 4 heterocycles. The van der Waals surface area contributed by atoms with Crippen molar-refractivity contribution < 1.29 is 71.6 Å². The maximum absolute atomic E-state index is 14.6. The van der Waals surface area contributed by atoms with Gasteiger partial charge in [0.2, 0.25) is 35.4 Å². The van der Waals surface area contributed by atoms with Gasteiger partial charge in [-0.05, 0) is 104 Å². The summed E-state index contributed by atoms with van der Waals surface area (Å²) in [5.74, 6) is -2.13. The molecule has 6 rings (SSSR count). The molecule has 1 aliphatic heterocycles. The number of methoxy groups -OCH3 is 2. The van der Waals surface area contributed by atoms with E-state index < -0.39 is 29.4 Å². The van der Waals surface area contributed by atoms with Gasteiger partial charge < -0.3 is 59.9 Å².